The lowest BCUT2D eigenvalue weighted by atomic mass is 9.61. The first-order chi connectivity index (χ1) is 11.6. The van der Waals surface area contributed by atoms with E-state index in [9.17, 15) is 24.9 Å². The maximum atomic E-state index is 12.7. The fourth-order valence-electron chi connectivity index (χ4n) is 7.13. The molecule has 134 valence electrons. The molecule has 3 N–H and O–H groups in total. The zero-order valence-electron chi connectivity index (χ0n) is 14.1. The SMILES string of the molecule is C=C1C[C@]23C[C@@]1(O)CCC2C12C=C[C@H](O)[C@@](C)(C(=O)O1)C2C3C(=O)O. The maximum absolute atomic E-state index is 12.7. The summed E-state index contributed by atoms with van der Waals surface area (Å²) in [6.07, 6.45) is 4.11. The van der Waals surface area contributed by atoms with Crippen molar-refractivity contribution in [1.29, 1.82) is 0 Å². The Labute approximate surface area is 145 Å². The predicted octanol–water partition coefficient (Wildman–Crippen LogP) is 1.03. The summed E-state index contributed by atoms with van der Waals surface area (Å²) in [5.74, 6) is -3.18. The van der Waals surface area contributed by atoms with E-state index in [4.69, 9.17) is 4.74 Å². The third-order valence-corrected chi connectivity index (χ3v) is 8.12. The number of hydrogen-bond acceptors (Lipinski definition) is 5. The number of esters is 1. The monoisotopic (exact) mass is 346 g/mol. The quantitative estimate of drug-likeness (QED) is 0.484. The molecule has 4 unspecified atom stereocenters. The van der Waals surface area contributed by atoms with E-state index in [1.807, 2.05) is 0 Å². The molecule has 1 heterocycles. The van der Waals surface area contributed by atoms with E-state index < -0.39 is 51.9 Å². The Hall–Kier alpha value is -1.66. The second-order valence-corrected chi connectivity index (χ2v) is 8.94. The van der Waals surface area contributed by atoms with Crippen LogP contribution in [-0.2, 0) is 14.3 Å². The Bertz CT molecular complexity index is 772. The molecule has 0 radical (unpaired) electrons. The van der Waals surface area contributed by atoms with Crippen molar-refractivity contribution in [2.45, 2.75) is 49.9 Å². The van der Waals surface area contributed by atoms with Gasteiger partial charge in [0.2, 0.25) is 0 Å². The molecule has 1 spiro atoms. The Kier molecular flexibility index (Phi) is 2.50. The fraction of sp³-hybridized carbons (Fsp3) is 0.684. The minimum absolute atomic E-state index is 0.180. The number of rotatable bonds is 1. The molecular formula is C19H22O6. The van der Waals surface area contributed by atoms with Crippen LogP contribution in [0.15, 0.2) is 24.3 Å². The summed E-state index contributed by atoms with van der Waals surface area (Å²) in [6.45, 7) is 5.64. The topological polar surface area (TPSA) is 104 Å². The normalized spacial score (nSPS) is 58.0. The standard InChI is InChI=1S/C19H22O6/c1-9-7-17-8-18(9,24)5-3-10(17)19-6-4-11(20)16(2,15(23)25-19)13(19)12(17)14(21)22/h4,6,10-13,20,24H,1,3,5,7-8H2,2H3,(H,21,22)/t10?,11-,12?,13?,16+,17-,18-,19?/m0/s1. The maximum Gasteiger partial charge on any atom is 0.316 e. The Morgan fingerprint density at radius 2 is 2.16 bits per heavy atom. The van der Waals surface area contributed by atoms with Gasteiger partial charge in [-0.15, -0.1) is 0 Å². The van der Waals surface area contributed by atoms with Crippen molar-refractivity contribution in [2.24, 2.45) is 28.6 Å². The molecule has 6 heteroatoms. The molecule has 0 amide bonds. The van der Waals surface area contributed by atoms with Gasteiger partial charge in [-0.2, -0.15) is 0 Å². The zero-order valence-corrected chi connectivity index (χ0v) is 14.1. The van der Waals surface area contributed by atoms with Gasteiger partial charge >= 0.3 is 11.9 Å². The summed E-state index contributed by atoms with van der Waals surface area (Å²) in [4.78, 5) is 25.1. The fourth-order valence-corrected chi connectivity index (χ4v) is 7.13. The highest BCUT2D eigenvalue weighted by Gasteiger charge is 2.83. The smallest absolute Gasteiger partial charge is 0.316 e. The number of fused-ring (bicyclic) bond motifs is 1. The third-order valence-electron chi connectivity index (χ3n) is 8.12. The lowest BCUT2D eigenvalue weighted by Gasteiger charge is -2.44. The number of carboxylic acids is 1. The minimum Gasteiger partial charge on any atom is -0.481 e. The van der Waals surface area contributed by atoms with E-state index >= 15 is 0 Å². The van der Waals surface area contributed by atoms with Crippen LogP contribution in [0, 0.1) is 28.6 Å². The molecule has 4 fully saturated rings. The Morgan fingerprint density at radius 1 is 1.44 bits per heavy atom. The Balaban J connectivity index is 1.78. The van der Waals surface area contributed by atoms with Gasteiger partial charge in [-0.3, -0.25) is 9.59 Å². The number of aliphatic carboxylic acids is 1. The number of carbonyl (C=O) groups excluding carboxylic acids is 1. The molecule has 4 bridgehead atoms. The van der Waals surface area contributed by atoms with Crippen molar-refractivity contribution in [1.82, 2.24) is 0 Å². The van der Waals surface area contributed by atoms with E-state index in [1.54, 1.807) is 19.1 Å². The van der Waals surface area contributed by atoms with Crippen LogP contribution in [0.5, 0.6) is 0 Å². The van der Waals surface area contributed by atoms with Crippen molar-refractivity contribution >= 4 is 11.9 Å². The summed E-state index contributed by atoms with van der Waals surface area (Å²) in [5, 5.41) is 31.6. The molecule has 3 saturated carbocycles. The molecule has 0 aromatic heterocycles. The molecule has 8 atom stereocenters. The van der Waals surface area contributed by atoms with Crippen molar-refractivity contribution in [3.05, 3.63) is 24.3 Å². The van der Waals surface area contributed by atoms with Crippen LogP contribution in [0.4, 0.5) is 0 Å². The lowest BCUT2D eigenvalue weighted by Crippen LogP contribution is -2.50. The van der Waals surface area contributed by atoms with Crippen LogP contribution >= 0.6 is 0 Å². The van der Waals surface area contributed by atoms with E-state index in [2.05, 4.69) is 6.58 Å². The Morgan fingerprint density at radius 3 is 2.84 bits per heavy atom. The lowest BCUT2D eigenvalue weighted by molar-refractivity contribution is -0.163. The van der Waals surface area contributed by atoms with Crippen LogP contribution in [0.1, 0.15) is 32.6 Å². The predicted molar refractivity (Wildman–Crippen MR) is 85.2 cm³/mol. The second kappa shape index (κ2) is 4.01. The highest BCUT2D eigenvalue weighted by Crippen LogP contribution is 2.77. The van der Waals surface area contributed by atoms with Gasteiger partial charge < -0.3 is 20.1 Å². The van der Waals surface area contributed by atoms with Crippen LogP contribution < -0.4 is 0 Å². The van der Waals surface area contributed by atoms with Gasteiger partial charge in [0, 0.05) is 11.8 Å². The highest BCUT2D eigenvalue weighted by molar-refractivity contribution is 5.86. The molecule has 1 aliphatic heterocycles. The van der Waals surface area contributed by atoms with Gasteiger partial charge in [0.1, 0.15) is 11.0 Å². The summed E-state index contributed by atoms with van der Waals surface area (Å²) in [5.41, 5.74) is -3.29. The second-order valence-electron chi connectivity index (χ2n) is 8.94. The first-order valence-corrected chi connectivity index (χ1v) is 8.86. The van der Waals surface area contributed by atoms with E-state index in [1.165, 1.54) is 0 Å². The molecule has 25 heavy (non-hydrogen) atoms. The van der Waals surface area contributed by atoms with Crippen LogP contribution in [0.25, 0.3) is 0 Å². The molecule has 4 aliphatic carbocycles. The average molecular weight is 346 g/mol. The number of aliphatic hydroxyl groups excluding tert-OH is 1. The third kappa shape index (κ3) is 1.36. The molecule has 0 aromatic rings. The van der Waals surface area contributed by atoms with Gasteiger partial charge in [0.15, 0.2) is 0 Å². The molecule has 0 aromatic carbocycles. The molecule has 5 aliphatic rings. The van der Waals surface area contributed by atoms with E-state index in [-0.39, 0.29) is 5.92 Å². The number of hydrogen-bond donors (Lipinski definition) is 3. The van der Waals surface area contributed by atoms with Crippen molar-refractivity contribution in [3.8, 4) is 0 Å². The van der Waals surface area contributed by atoms with E-state index in [0.717, 1.165) is 0 Å². The van der Waals surface area contributed by atoms with Crippen LogP contribution in [0.2, 0.25) is 0 Å². The number of aliphatic hydroxyl groups is 2. The number of ether oxygens (including phenoxy) is 1. The summed E-state index contributed by atoms with van der Waals surface area (Å²) in [7, 11) is 0. The zero-order chi connectivity index (χ0) is 18.0. The van der Waals surface area contributed by atoms with Crippen molar-refractivity contribution < 1.29 is 29.6 Å². The van der Waals surface area contributed by atoms with Crippen LogP contribution in [0.3, 0.4) is 0 Å². The largest absolute Gasteiger partial charge is 0.481 e. The molecule has 1 saturated heterocycles. The minimum atomic E-state index is -1.27. The number of carboxylic acid groups (broad SMARTS) is 1. The van der Waals surface area contributed by atoms with Crippen molar-refractivity contribution in [3.63, 3.8) is 0 Å². The number of carbonyl (C=O) groups is 2. The molecule has 5 rings (SSSR count). The average Bonchev–Trinajstić information content (AvgIpc) is 2.95. The van der Waals surface area contributed by atoms with Crippen LogP contribution in [-0.4, -0.2) is 44.6 Å². The van der Waals surface area contributed by atoms with Gasteiger partial charge in [0.05, 0.1) is 17.6 Å². The van der Waals surface area contributed by atoms with Gasteiger partial charge in [0.25, 0.3) is 0 Å². The molecular weight excluding hydrogens is 324 g/mol. The first-order valence-electron chi connectivity index (χ1n) is 8.86. The first kappa shape index (κ1) is 15.6. The van der Waals surface area contributed by atoms with Gasteiger partial charge in [-0.25, -0.2) is 0 Å². The molecule has 6 nitrogen and oxygen atoms in total. The van der Waals surface area contributed by atoms with Crippen molar-refractivity contribution in [2.75, 3.05) is 0 Å². The summed E-state index contributed by atoms with van der Waals surface area (Å²) >= 11 is 0. The van der Waals surface area contributed by atoms with Gasteiger partial charge in [-0.05, 0) is 49.7 Å². The summed E-state index contributed by atoms with van der Waals surface area (Å²) < 4.78 is 5.87. The van der Waals surface area contributed by atoms with E-state index in [0.29, 0.717) is 31.3 Å². The summed E-state index contributed by atoms with van der Waals surface area (Å²) in [6, 6.07) is 0. The van der Waals surface area contributed by atoms with Gasteiger partial charge in [-0.1, -0.05) is 12.7 Å². The highest BCUT2D eigenvalue weighted by atomic mass is 16.6.